The standard InChI is InChI=1S/C14H24N4O2/c1-3-20-9-5-8-16-14(18-15)17-11-12-6-4-7-13(10-12)19-2/h4,6-7,10H,3,5,8-9,11,15H2,1-2H3,(H2,16,17,18). The molecular formula is C14H24N4O2. The average Bonchev–Trinajstić information content (AvgIpc) is 2.50. The van der Waals surface area contributed by atoms with Gasteiger partial charge in [0.25, 0.3) is 0 Å². The number of benzene rings is 1. The molecule has 0 heterocycles. The third-order valence-electron chi connectivity index (χ3n) is 2.65. The van der Waals surface area contributed by atoms with Gasteiger partial charge in [-0.1, -0.05) is 12.1 Å². The van der Waals surface area contributed by atoms with Crippen molar-refractivity contribution in [1.82, 2.24) is 10.7 Å². The molecule has 4 N–H and O–H groups in total. The van der Waals surface area contributed by atoms with Crippen LogP contribution in [0.1, 0.15) is 18.9 Å². The van der Waals surface area contributed by atoms with E-state index in [9.17, 15) is 0 Å². The summed E-state index contributed by atoms with van der Waals surface area (Å²) in [5, 5.41) is 3.13. The van der Waals surface area contributed by atoms with Gasteiger partial charge in [0.15, 0.2) is 0 Å². The van der Waals surface area contributed by atoms with Crippen LogP contribution in [-0.2, 0) is 11.3 Å². The smallest absolute Gasteiger partial charge is 0.206 e. The summed E-state index contributed by atoms with van der Waals surface area (Å²) in [6.07, 6.45) is 0.910. The molecule has 0 aromatic heterocycles. The van der Waals surface area contributed by atoms with Gasteiger partial charge in [-0.05, 0) is 31.0 Å². The molecule has 0 unspecified atom stereocenters. The van der Waals surface area contributed by atoms with Crippen LogP contribution in [0.5, 0.6) is 5.75 Å². The average molecular weight is 280 g/mol. The Morgan fingerprint density at radius 2 is 2.25 bits per heavy atom. The van der Waals surface area contributed by atoms with Crippen molar-refractivity contribution in [2.75, 3.05) is 26.9 Å². The zero-order chi connectivity index (χ0) is 14.6. The second-order valence-electron chi connectivity index (χ2n) is 4.14. The number of hydrogen-bond donors (Lipinski definition) is 3. The highest BCUT2D eigenvalue weighted by atomic mass is 16.5. The lowest BCUT2D eigenvalue weighted by Crippen LogP contribution is -2.42. The minimum Gasteiger partial charge on any atom is -0.497 e. The first-order valence-electron chi connectivity index (χ1n) is 6.75. The van der Waals surface area contributed by atoms with E-state index < -0.39 is 0 Å². The first-order valence-corrected chi connectivity index (χ1v) is 6.75. The summed E-state index contributed by atoms with van der Waals surface area (Å²) in [5.41, 5.74) is 3.62. The Hall–Kier alpha value is -1.79. The molecule has 20 heavy (non-hydrogen) atoms. The Kier molecular flexibility index (Phi) is 8.17. The van der Waals surface area contributed by atoms with Gasteiger partial charge in [0, 0.05) is 19.8 Å². The van der Waals surface area contributed by atoms with Gasteiger partial charge in [-0.2, -0.15) is 0 Å². The Morgan fingerprint density at radius 1 is 1.40 bits per heavy atom. The Bertz CT molecular complexity index is 410. The summed E-state index contributed by atoms with van der Waals surface area (Å²) in [6, 6.07) is 7.79. The van der Waals surface area contributed by atoms with Crippen LogP contribution in [-0.4, -0.2) is 32.8 Å². The Labute approximate surface area is 120 Å². The molecule has 0 spiro atoms. The van der Waals surface area contributed by atoms with Gasteiger partial charge in [0.05, 0.1) is 13.7 Å². The van der Waals surface area contributed by atoms with E-state index in [1.807, 2.05) is 31.2 Å². The molecule has 0 saturated carbocycles. The normalized spacial score (nSPS) is 11.2. The minimum absolute atomic E-state index is 0.537. The maximum absolute atomic E-state index is 5.43. The molecular weight excluding hydrogens is 256 g/mol. The fourth-order valence-corrected chi connectivity index (χ4v) is 1.62. The Morgan fingerprint density at radius 3 is 2.95 bits per heavy atom. The van der Waals surface area contributed by atoms with Crippen molar-refractivity contribution >= 4 is 5.96 Å². The molecule has 112 valence electrons. The molecule has 1 rings (SSSR count). The molecule has 0 aliphatic carbocycles. The van der Waals surface area contributed by atoms with Gasteiger partial charge in [0.1, 0.15) is 5.75 Å². The molecule has 1 aromatic rings. The van der Waals surface area contributed by atoms with E-state index in [1.165, 1.54) is 0 Å². The van der Waals surface area contributed by atoms with Crippen molar-refractivity contribution in [3.8, 4) is 5.75 Å². The van der Waals surface area contributed by atoms with Crippen molar-refractivity contribution in [1.29, 1.82) is 0 Å². The highest BCUT2D eigenvalue weighted by Crippen LogP contribution is 2.12. The highest BCUT2D eigenvalue weighted by molar-refractivity contribution is 5.79. The topological polar surface area (TPSA) is 80.9 Å². The van der Waals surface area contributed by atoms with E-state index in [-0.39, 0.29) is 0 Å². The molecule has 1 aromatic carbocycles. The Balaban J connectivity index is 2.40. The molecule has 0 aliphatic heterocycles. The van der Waals surface area contributed by atoms with E-state index in [0.717, 1.165) is 37.5 Å². The van der Waals surface area contributed by atoms with Crippen LogP contribution in [0.3, 0.4) is 0 Å². The number of methoxy groups -OCH3 is 1. The van der Waals surface area contributed by atoms with Crippen molar-refractivity contribution in [2.45, 2.75) is 19.9 Å². The number of nitrogens with zero attached hydrogens (tertiary/aromatic N) is 1. The largest absolute Gasteiger partial charge is 0.497 e. The molecule has 6 nitrogen and oxygen atoms in total. The van der Waals surface area contributed by atoms with Crippen LogP contribution in [0, 0.1) is 0 Å². The molecule has 0 fully saturated rings. The van der Waals surface area contributed by atoms with E-state index >= 15 is 0 Å². The number of ether oxygens (including phenoxy) is 2. The quantitative estimate of drug-likeness (QED) is 0.218. The number of aliphatic imine (C=N–C) groups is 1. The molecule has 0 aliphatic rings. The first kappa shape index (κ1) is 16.3. The van der Waals surface area contributed by atoms with Crippen molar-refractivity contribution in [2.24, 2.45) is 10.8 Å². The number of nitrogens with two attached hydrogens (primary N) is 1. The third kappa shape index (κ3) is 6.40. The summed E-state index contributed by atoms with van der Waals surface area (Å²) >= 11 is 0. The van der Waals surface area contributed by atoms with Gasteiger partial charge in [-0.3, -0.25) is 5.43 Å². The van der Waals surface area contributed by atoms with Gasteiger partial charge in [-0.15, -0.1) is 0 Å². The third-order valence-corrected chi connectivity index (χ3v) is 2.65. The number of hydrogen-bond acceptors (Lipinski definition) is 4. The van der Waals surface area contributed by atoms with Gasteiger partial charge < -0.3 is 14.8 Å². The zero-order valence-corrected chi connectivity index (χ0v) is 12.2. The predicted octanol–water partition coefficient (Wildman–Crippen LogP) is 1.03. The van der Waals surface area contributed by atoms with Crippen LogP contribution in [0.4, 0.5) is 0 Å². The van der Waals surface area contributed by atoms with Crippen molar-refractivity contribution in [3.63, 3.8) is 0 Å². The summed E-state index contributed by atoms with van der Waals surface area (Å²) in [5.74, 6) is 6.83. The van der Waals surface area contributed by atoms with Crippen molar-refractivity contribution < 1.29 is 9.47 Å². The lowest BCUT2D eigenvalue weighted by Gasteiger charge is -2.09. The summed E-state index contributed by atoms with van der Waals surface area (Å²) < 4.78 is 10.4. The van der Waals surface area contributed by atoms with Crippen LogP contribution in [0.2, 0.25) is 0 Å². The lowest BCUT2D eigenvalue weighted by molar-refractivity contribution is 0.145. The highest BCUT2D eigenvalue weighted by Gasteiger charge is 1.98. The second-order valence-corrected chi connectivity index (χ2v) is 4.14. The van der Waals surface area contributed by atoms with Crippen LogP contribution >= 0.6 is 0 Å². The second kappa shape index (κ2) is 10.1. The first-order chi connectivity index (χ1) is 9.80. The fourth-order valence-electron chi connectivity index (χ4n) is 1.62. The molecule has 0 radical (unpaired) electrons. The summed E-state index contributed by atoms with van der Waals surface area (Å²) in [7, 11) is 1.65. The molecule has 0 saturated heterocycles. The molecule has 0 bridgehead atoms. The number of guanidine groups is 1. The predicted molar refractivity (Wildman–Crippen MR) is 80.6 cm³/mol. The molecule has 0 atom stereocenters. The SMILES string of the molecule is CCOCCCNC(=NCc1cccc(OC)c1)NN. The van der Waals surface area contributed by atoms with Crippen molar-refractivity contribution in [3.05, 3.63) is 29.8 Å². The number of rotatable bonds is 8. The van der Waals surface area contributed by atoms with E-state index in [2.05, 4.69) is 15.7 Å². The van der Waals surface area contributed by atoms with Gasteiger partial charge >= 0.3 is 0 Å². The van der Waals surface area contributed by atoms with Gasteiger partial charge in [0.2, 0.25) is 5.96 Å². The van der Waals surface area contributed by atoms with E-state index in [4.69, 9.17) is 15.3 Å². The fraction of sp³-hybridized carbons (Fsp3) is 0.500. The van der Waals surface area contributed by atoms with Crippen LogP contribution < -0.4 is 21.3 Å². The zero-order valence-electron chi connectivity index (χ0n) is 12.2. The summed E-state index contributed by atoms with van der Waals surface area (Å²) in [4.78, 5) is 4.38. The number of hydrazine groups is 1. The monoisotopic (exact) mass is 280 g/mol. The van der Waals surface area contributed by atoms with Gasteiger partial charge in [-0.25, -0.2) is 10.8 Å². The van der Waals surface area contributed by atoms with E-state index in [1.54, 1.807) is 7.11 Å². The minimum atomic E-state index is 0.537. The van der Waals surface area contributed by atoms with Crippen LogP contribution in [0.25, 0.3) is 0 Å². The maximum atomic E-state index is 5.43. The number of nitrogens with one attached hydrogen (secondary N) is 2. The van der Waals surface area contributed by atoms with E-state index in [0.29, 0.717) is 12.5 Å². The molecule has 6 heteroatoms. The van der Waals surface area contributed by atoms with Crippen LogP contribution in [0.15, 0.2) is 29.3 Å². The maximum Gasteiger partial charge on any atom is 0.206 e. The lowest BCUT2D eigenvalue weighted by atomic mass is 10.2. The summed E-state index contributed by atoms with van der Waals surface area (Å²) in [6.45, 7) is 4.76. The molecule has 0 amide bonds.